The van der Waals surface area contributed by atoms with Crippen molar-refractivity contribution in [1.29, 1.82) is 0 Å². The minimum Gasteiger partial charge on any atom is -0.347 e. The normalized spacial score (nSPS) is 10.7. The summed E-state index contributed by atoms with van der Waals surface area (Å²) in [6, 6.07) is 4.79. The molecule has 0 aliphatic rings. The van der Waals surface area contributed by atoms with Crippen molar-refractivity contribution in [2.45, 2.75) is 6.54 Å². The number of rotatable bonds is 5. The van der Waals surface area contributed by atoms with Crippen molar-refractivity contribution in [3.05, 3.63) is 78.0 Å². The summed E-state index contributed by atoms with van der Waals surface area (Å²) >= 11 is 1.31. The molecule has 0 saturated carbocycles. The number of thiazole rings is 1. The van der Waals surface area contributed by atoms with E-state index < -0.39 is 5.82 Å². The third-order valence-corrected chi connectivity index (χ3v) is 4.63. The Hall–Kier alpha value is -3.46. The summed E-state index contributed by atoms with van der Waals surface area (Å²) in [5.41, 5.74) is 1.94. The monoisotopic (exact) mass is 380 g/mol. The van der Waals surface area contributed by atoms with Crippen LogP contribution in [-0.4, -0.2) is 30.4 Å². The van der Waals surface area contributed by atoms with Crippen LogP contribution in [0.5, 0.6) is 0 Å². The molecule has 0 atom stereocenters. The molecule has 134 valence electrons. The van der Waals surface area contributed by atoms with Crippen LogP contribution in [0.1, 0.15) is 16.1 Å². The van der Waals surface area contributed by atoms with Gasteiger partial charge in [0, 0.05) is 36.7 Å². The first-order chi connectivity index (χ1) is 13.2. The number of nitrogens with one attached hydrogen (secondary N) is 1. The van der Waals surface area contributed by atoms with Crippen molar-refractivity contribution in [3.63, 3.8) is 0 Å². The Morgan fingerprint density at radius 1 is 1.22 bits per heavy atom. The second-order valence-corrected chi connectivity index (χ2v) is 6.43. The van der Waals surface area contributed by atoms with Gasteiger partial charge in [-0.25, -0.2) is 14.4 Å². The summed E-state index contributed by atoms with van der Waals surface area (Å²) < 4.78 is 15.9. The number of hydrogen-bond acceptors (Lipinski definition) is 6. The summed E-state index contributed by atoms with van der Waals surface area (Å²) in [4.78, 5) is 28.6. The molecular formula is C18H13FN6OS. The Balaban J connectivity index is 1.42. The van der Waals surface area contributed by atoms with Gasteiger partial charge in [0.05, 0.1) is 18.2 Å². The van der Waals surface area contributed by atoms with E-state index in [0.717, 1.165) is 0 Å². The smallest absolute Gasteiger partial charge is 0.271 e. The highest BCUT2D eigenvalue weighted by molar-refractivity contribution is 7.13. The first-order valence-corrected chi connectivity index (χ1v) is 8.85. The molecule has 0 bridgehead atoms. The molecule has 7 nitrogen and oxygen atoms in total. The van der Waals surface area contributed by atoms with E-state index in [0.29, 0.717) is 22.0 Å². The molecule has 1 amide bonds. The van der Waals surface area contributed by atoms with Crippen LogP contribution in [-0.2, 0) is 6.54 Å². The summed E-state index contributed by atoms with van der Waals surface area (Å²) in [6.07, 6.45) is 9.50. The molecule has 0 unspecified atom stereocenters. The van der Waals surface area contributed by atoms with Gasteiger partial charge in [-0.2, -0.15) is 0 Å². The zero-order valence-corrected chi connectivity index (χ0v) is 14.7. The maximum absolute atomic E-state index is 14.3. The fraction of sp³-hybridized carbons (Fsp3) is 0.0556. The maximum atomic E-state index is 14.3. The van der Waals surface area contributed by atoms with Crippen LogP contribution in [0.15, 0.2) is 60.9 Å². The molecule has 27 heavy (non-hydrogen) atoms. The minimum absolute atomic E-state index is 0.192. The van der Waals surface area contributed by atoms with Crippen molar-refractivity contribution >= 4 is 17.2 Å². The molecule has 9 heteroatoms. The number of halogens is 1. The number of imidazole rings is 1. The number of aromatic nitrogens is 5. The second kappa shape index (κ2) is 7.42. The molecule has 3 heterocycles. The molecule has 0 saturated heterocycles. The number of nitrogens with zero attached hydrogens (tertiary/aromatic N) is 5. The van der Waals surface area contributed by atoms with Crippen LogP contribution < -0.4 is 5.32 Å². The standard InChI is InChI=1S/C18H13FN6OS/c19-13-7-12(1-2-16(13)25-6-5-21-11-25)8-23-17(26)15-10-27-18(24-15)14-9-20-3-4-22-14/h1-7,9-11H,8H2,(H,23,26). The maximum Gasteiger partial charge on any atom is 0.271 e. The lowest BCUT2D eigenvalue weighted by Crippen LogP contribution is -2.23. The van der Waals surface area contributed by atoms with Gasteiger partial charge in [0.15, 0.2) is 0 Å². The van der Waals surface area contributed by atoms with Crippen molar-refractivity contribution in [1.82, 2.24) is 29.8 Å². The number of carbonyl (C=O) groups excluding carboxylic acids is 1. The van der Waals surface area contributed by atoms with Crippen LogP contribution in [0, 0.1) is 5.82 Å². The van der Waals surface area contributed by atoms with E-state index in [1.54, 1.807) is 53.1 Å². The van der Waals surface area contributed by atoms with Crippen molar-refractivity contribution in [2.75, 3.05) is 0 Å². The first-order valence-electron chi connectivity index (χ1n) is 7.97. The Kier molecular flexibility index (Phi) is 4.67. The van der Waals surface area contributed by atoms with Crippen LogP contribution in [0.3, 0.4) is 0 Å². The summed E-state index contributed by atoms with van der Waals surface area (Å²) in [6.45, 7) is 0.192. The highest BCUT2D eigenvalue weighted by Gasteiger charge is 2.13. The molecule has 0 aliphatic heterocycles. The summed E-state index contributed by atoms with van der Waals surface area (Å²) in [7, 11) is 0. The molecule has 0 aliphatic carbocycles. The average molecular weight is 380 g/mol. The fourth-order valence-electron chi connectivity index (χ4n) is 2.45. The molecule has 0 fully saturated rings. The van der Waals surface area contributed by atoms with Gasteiger partial charge in [0.25, 0.3) is 5.91 Å². The molecule has 1 N–H and O–H groups in total. The predicted octanol–water partition coefficient (Wildman–Crippen LogP) is 2.85. The lowest BCUT2D eigenvalue weighted by Gasteiger charge is -2.07. The Morgan fingerprint density at radius 2 is 2.15 bits per heavy atom. The Bertz CT molecular complexity index is 1060. The van der Waals surface area contributed by atoms with Gasteiger partial charge in [0.1, 0.15) is 22.2 Å². The van der Waals surface area contributed by atoms with E-state index in [-0.39, 0.29) is 18.1 Å². The van der Waals surface area contributed by atoms with E-state index in [2.05, 4.69) is 25.3 Å². The third-order valence-electron chi connectivity index (χ3n) is 3.77. The fourth-order valence-corrected chi connectivity index (χ4v) is 3.21. The molecule has 0 spiro atoms. The Morgan fingerprint density at radius 3 is 2.89 bits per heavy atom. The van der Waals surface area contributed by atoms with Gasteiger partial charge < -0.3 is 9.88 Å². The van der Waals surface area contributed by atoms with E-state index in [1.165, 1.54) is 23.7 Å². The summed E-state index contributed by atoms with van der Waals surface area (Å²) in [5.74, 6) is -0.723. The zero-order valence-electron chi connectivity index (χ0n) is 13.9. The SMILES string of the molecule is O=C(NCc1ccc(-n2ccnc2)c(F)c1)c1csc(-c2cnccn2)n1. The van der Waals surface area contributed by atoms with Crippen molar-refractivity contribution in [2.24, 2.45) is 0 Å². The number of carbonyl (C=O) groups is 1. The van der Waals surface area contributed by atoms with E-state index >= 15 is 0 Å². The van der Waals surface area contributed by atoms with Gasteiger partial charge in [-0.05, 0) is 17.7 Å². The molecule has 1 aromatic carbocycles. The zero-order chi connectivity index (χ0) is 18.6. The molecule has 0 radical (unpaired) electrons. The number of hydrogen-bond donors (Lipinski definition) is 1. The summed E-state index contributed by atoms with van der Waals surface area (Å²) in [5, 5.41) is 5.01. The van der Waals surface area contributed by atoms with Crippen molar-refractivity contribution < 1.29 is 9.18 Å². The van der Waals surface area contributed by atoms with E-state index in [1.807, 2.05) is 0 Å². The quantitative estimate of drug-likeness (QED) is 0.575. The average Bonchev–Trinajstić information content (AvgIpc) is 3.39. The molecular weight excluding hydrogens is 367 g/mol. The van der Waals surface area contributed by atoms with Crippen LogP contribution >= 0.6 is 11.3 Å². The molecule has 4 rings (SSSR count). The van der Waals surface area contributed by atoms with Gasteiger partial charge >= 0.3 is 0 Å². The lowest BCUT2D eigenvalue weighted by atomic mass is 10.2. The predicted molar refractivity (Wildman–Crippen MR) is 97.8 cm³/mol. The highest BCUT2D eigenvalue weighted by atomic mass is 32.1. The van der Waals surface area contributed by atoms with E-state index in [9.17, 15) is 9.18 Å². The van der Waals surface area contributed by atoms with E-state index in [4.69, 9.17) is 0 Å². The number of amides is 1. The molecule has 3 aromatic heterocycles. The third kappa shape index (κ3) is 3.72. The first kappa shape index (κ1) is 17.0. The highest BCUT2D eigenvalue weighted by Crippen LogP contribution is 2.21. The molecule has 4 aromatic rings. The Labute approximate surface area is 157 Å². The van der Waals surface area contributed by atoms with Crippen LogP contribution in [0.25, 0.3) is 16.4 Å². The largest absolute Gasteiger partial charge is 0.347 e. The van der Waals surface area contributed by atoms with Gasteiger partial charge in [-0.15, -0.1) is 11.3 Å². The topological polar surface area (TPSA) is 85.6 Å². The minimum atomic E-state index is -0.390. The van der Waals surface area contributed by atoms with Crippen molar-refractivity contribution in [3.8, 4) is 16.4 Å². The lowest BCUT2D eigenvalue weighted by molar-refractivity contribution is 0.0946. The second-order valence-electron chi connectivity index (χ2n) is 5.57. The van der Waals surface area contributed by atoms with Gasteiger partial charge in [-0.3, -0.25) is 14.8 Å². The van der Waals surface area contributed by atoms with Crippen LogP contribution in [0.2, 0.25) is 0 Å². The number of benzene rings is 1. The van der Waals surface area contributed by atoms with Gasteiger partial charge in [0.2, 0.25) is 0 Å². The van der Waals surface area contributed by atoms with Gasteiger partial charge in [-0.1, -0.05) is 6.07 Å². The van der Waals surface area contributed by atoms with Crippen LogP contribution in [0.4, 0.5) is 4.39 Å².